The van der Waals surface area contributed by atoms with Gasteiger partial charge in [-0.1, -0.05) is 0 Å². The molecule has 7 nitrogen and oxygen atoms in total. The highest BCUT2D eigenvalue weighted by Crippen LogP contribution is 2.37. The lowest BCUT2D eigenvalue weighted by molar-refractivity contribution is -0.121. The van der Waals surface area contributed by atoms with Crippen LogP contribution in [0.2, 0.25) is 0 Å². The van der Waals surface area contributed by atoms with E-state index in [2.05, 4.69) is 10.3 Å². The van der Waals surface area contributed by atoms with Gasteiger partial charge in [0, 0.05) is 30.1 Å². The van der Waals surface area contributed by atoms with E-state index < -0.39 is 0 Å². The molecule has 0 aliphatic heterocycles. The molecule has 1 aromatic heterocycles. The molecule has 1 amide bonds. The molecule has 7 heteroatoms. The van der Waals surface area contributed by atoms with Crippen LogP contribution in [-0.4, -0.2) is 41.9 Å². The molecule has 1 heterocycles. The third-order valence-electron chi connectivity index (χ3n) is 4.65. The largest absolute Gasteiger partial charge is 0.508 e. The van der Waals surface area contributed by atoms with Crippen molar-refractivity contribution < 1.29 is 24.5 Å². The second-order valence-electron chi connectivity index (χ2n) is 6.49. The summed E-state index contributed by atoms with van der Waals surface area (Å²) < 4.78 is 10.3. The maximum absolute atomic E-state index is 12.2. The van der Waals surface area contributed by atoms with Crippen LogP contribution in [-0.2, 0) is 17.6 Å². The Morgan fingerprint density at radius 3 is 2.46 bits per heavy atom. The van der Waals surface area contributed by atoms with Crippen LogP contribution in [0.3, 0.4) is 0 Å². The van der Waals surface area contributed by atoms with E-state index >= 15 is 0 Å². The Morgan fingerprint density at radius 2 is 1.79 bits per heavy atom. The fourth-order valence-electron chi connectivity index (χ4n) is 3.15. The average molecular weight is 384 g/mol. The summed E-state index contributed by atoms with van der Waals surface area (Å²) in [6.07, 6.45) is 3.37. The number of amides is 1. The van der Waals surface area contributed by atoms with Gasteiger partial charge in [-0.15, -0.1) is 0 Å². The Hall–Kier alpha value is -3.35. The monoisotopic (exact) mass is 384 g/mol. The normalized spacial score (nSPS) is 10.8. The molecule has 28 heavy (non-hydrogen) atoms. The minimum absolute atomic E-state index is 0.0528. The smallest absolute Gasteiger partial charge is 0.220 e. The number of carbonyl (C=O) groups is 1. The number of methoxy groups -OCH3 is 2. The van der Waals surface area contributed by atoms with Crippen molar-refractivity contribution in [3.63, 3.8) is 0 Å². The van der Waals surface area contributed by atoms with Gasteiger partial charge in [-0.2, -0.15) is 0 Å². The molecule has 0 saturated carbocycles. The second-order valence-corrected chi connectivity index (χ2v) is 6.49. The van der Waals surface area contributed by atoms with E-state index in [-0.39, 0.29) is 17.4 Å². The van der Waals surface area contributed by atoms with E-state index in [1.54, 1.807) is 24.3 Å². The molecule has 148 valence electrons. The zero-order valence-electron chi connectivity index (χ0n) is 15.9. The van der Waals surface area contributed by atoms with Gasteiger partial charge in [-0.25, -0.2) is 0 Å². The number of aromatic hydroxyl groups is 2. The van der Waals surface area contributed by atoms with Crippen LogP contribution in [0, 0.1) is 0 Å². The molecule has 0 aliphatic rings. The van der Waals surface area contributed by atoms with Crippen molar-refractivity contribution in [2.75, 3.05) is 20.8 Å². The van der Waals surface area contributed by atoms with Crippen LogP contribution in [0.4, 0.5) is 0 Å². The number of hydrogen-bond donors (Lipinski definition) is 4. The zero-order valence-corrected chi connectivity index (χ0v) is 15.9. The summed E-state index contributed by atoms with van der Waals surface area (Å²) in [6.45, 7) is 0.504. The molecule has 0 aliphatic carbocycles. The van der Waals surface area contributed by atoms with Crippen molar-refractivity contribution in [1.29, 1.82) is 0 Å². The molecule has 2 aromatic carbocycles. The average Bonchev–Trinajstić information content (AvgIpc) is 3.09. The number of hydrogen-bond acceptors (Lipinski definition) is 5. The number of aryl methyl sites for hydroxylation is 1. The van der Waals surface area contributed by atoms with Gasteiger partial charge >= 0.3 is 0 Å². The molecule has 0 radical (unpaired) electrons. The minimum atomic E-state index is -0.0614. The first-order chi connectivity index (χ1) is 13.5. The number of fused-ring (bicyclic) bond motifs is 1. The van der Waals surface area contributed by atoms with Gasteiger partial charge in [0.1, 0.15) is 5.75 Å². The van der Waals surface area contributed by atoms with E-state index in [0.29, 0.717) is 37.3 Å². The van der Waals surface area contributed by atoms with Crippen LogP contribution in [0.15, 0.2) is 36.5 Å². The predicted octanol–water partition coefficient (Wildman–Crippen LogP) is 2.89. The van der Waals surface area contributed by atoms with E-state index in [1.165, 1.54) is 14.2 Å². The molecular weight excluding hydrogens is 360 g/mol. The molecule has 0 bridgehead atoms. The highest BCUT2D eigenvalue weighted by atomic mass is 16.5. The molecule has 4 N–H and O–H groups in total. The summed E-state index contributed by atoms with van der Waals surface area (Å²) in [7, 11) is 2.94. The summed E-state index contributed by atoms with van der Waals surface area (Å²) in [5.74, 6) is 0.739. The van der Waals surface area contributed by atoms with Crippen molar-refractivity contribution >= 4 is 16.8 Å². The first-order valence-corrected chi connectivity index (χ1v) is 9.01. The number of aromatic nitrogens is 1. The fraction of sp³-hybridized carbons (Fsp3) is 0.286. The van der Waals surface area contributed by atoms with Crippen molar-refractivity contribution in [3.8, 4) is 23.0 Å². The Labute approximate surface area is 162 Å². The molecular formula is C21H24N2O5. The Kier molecular flexibility index (Phi) is 5.93. The second kappa shape index (κ2) is 8.56. The lowest BCUT2D eigenvalue weighted by atomic mass is 10.1. The van der Waals surface area contributed by atoms with E-state index in [4.69, 9.17) is 9.47 Å². The quantitative estimate of drug-likeness (QED) is 0.478. The fourth-order valence-corrected chi connectivity index (χ4v) is 3.15. The molecule has 0 unspecified atom stereocenters. The van der Waals surface area contributed by atoms with Gasteiger partial charge < -0.3 is 30.0 Å². The van der Waals surface area contributed by atoms with Gasteiger partial charge in [0.15, 0.2) is 11.5 Å². The number of benzene rings is 2. The number of aromatic amines is 1. The third-order valence-corrected chi connectivity index (χ3v) is 4.65. The van der Waals surface area contributed by atoms with Crippen LogP contribution in [0.5, 0.6) is 23.0 Å². The van der Waals surface area contributed by atoms with E-state index in [9.17, 15) is 15.0 Å². The number of nitrogens with one attached hydrogen (secondary N) is 2. The van der Waals surface area contributed by atoms with Gasteiger partial charge in [-0.05, 0) is 54.3 Å². The summed E-state index contributed by atoms with van der Waals surface area (Å²) >= 11 is 0. The third kappa shape index (κ3) is 4.31. The van der Waals surface area contributed by atoms with Gasteiger partial charge in [0.25, 0.3) is 0 Å². The summed E-state index contributed by atoms with van der Waals surface area (Å²) in [4.78, 5) is 15.3. The standard InChI is InChI=1S/C21H24N2O5/c1-27-18-9-13(10-19(28-2)21(18)26)3-6-20(25)22-8-7-14-12-23-17-5-4-15(24)11-16(14)17/h4-5,9-12,23-24,26H,3,6-8H2,1-2H3,(H,22,25). The number of H-pyrrole nitrogens is 1. The predicted molar refractivity (Wildman–Crippen MR) is 106 cm³/mol. The number of carbonyl (C=O) groups excluding carboxylic acids is 1. The van der Waals surface area contributed by atoms with Crippen molar-refractivity contribution in [2.45, 2.75) is 19.3 Å². The molecule has 0 fully saturated rings. The summed E-state index contributed by atoms with van der Waals surface area (Å²) in [6, 6.07) is 8.58. The van der Waals surface area contributed by atoms with Crippen molar-refractivity contribution in [3.05, 3.63) is 47.7 Å². The first kappa shape index (κ1) is 19.4. The van der Waals surface area contributed by atoms with Gasteiger partial charge in [0.05, 0.1) is 14.2 Å². The topological polar surface area (TPSA) is 104 Å². The Morgan fingerprint density at radius 1 is 1.07 bits per heavy atom. The molecule has 3 aromatic rings. The van der Waals surface area contributed by atoms with Gasteiger partial charge in [-0.3, -0.25) is 4.79 Å². The molecule has 0 spiro atoms. The molecule has 0 saturated heterocycles. The van der Waals surface area contributed by atoms with Crippen molar-refractivity contribution in [1.82, 2.24) is 10.3 Å². The van der Waals surface area contributed by atoms with Crippen LogP contribution >= 0.6 is 0 Å². The molecule has 3 rings (SSSR count). The number of phenols is 2. The SMILES string of the molecule is COc1cc(CCC(=O)NCCc2c[nH]c3ccc(O)cc23)cc(OC)c1O. The lowest BCUT2D eigenvalue weighted by Crippen LogP contribution is -2.25. The van der Waals surface area contributed by atoms with E-state index in [0.717, 1.165) is 22.0 Å². The maximum Gasteiger partial charge on any atom is 0.220 e. The van der Waals surface area contributed by atoms with Crippen LogP contribution in [0.1, 0.15) is 17.5 Å². The van der Waals surface area contributed by atoms with Crippen molar-refractivity contribution in [2.24, 2.45) is 0 Å². The number of ether oxygens (including phenoxy) is 2. The van der Waals surface area contributed by atoms with Crippen LogP contribution in [0.25, 0.3) is 10.9 Å². The summed E-state index contributed by atoms with van der Waals surface area (Å²) in [5.41, 5.74) is 2.84. The highest BCUT2D eigenvalue weighted by Gasteiger charge is 2.12. The minimum Gasteiger partial charge on any atom is -0.508 e. The van der Waals surface area contributed by atoms with Gasteiger partial charge in [0.2, 0.25) is 11.7 Å². The first-order valence-electron chi connectivity index (χ1n) is 9.01. The maximum atomic E-state index is 12.2. The Balaban J connectivity index is 1.53. The van der Waals surface area contributed by atoms with Crippen LogP contribution < -0.4 is 14.8 Å². The highest BCUT2D eigenvalue weighted by molar-refractivity contribution is 5.84. The Bertz CT molecular complexity index is 955. The zero-order chi connectivity index (χ0) is 20.1. The molecule has 0 atom stereocenters. The van der Waals surface area contributed by atoms with E-state index in [1.807, 2.05) is 12.3 Å². The number of rotatable bonds is 8. The lowest BCUT2D eigenvalue weighted by Gasteiger charge is -2.11. The summed E-state index contributed by atoms with van der Waals surface area (Å²) in [5, 5.41) is 23.4. The number of phenolic OH excluding ortho intramolecular Hbond substituents is 2.